The standard InChI is InChI=1S/C15H23N3/c1-10-7-8-11(9-10)15-17-13-6-4-2-3-5-12(13)14(16)18-15/h10-11H,2-9H2,1H3,(H2,16,17,18). The molecule has 3 rings (SSSR count). The first-order chi connectivity index (χ1) is 8.74. The van der Waals surface area contributed by atoms with E-state index < -0.39 is 0 Å². The van der Waals surface area contributed by atoms with Crippen molar-refractivity contribution in [2.45, 2.75) is 64.2 Å². The summed E-state index contributed by atoms with van der Waals surface area (Å²) in [7, 11) is 0. The maximum absolute atomic E-state index is 6.16. The highest BCUT2D eigenvalue weighted by Gasteiger charge is 2.26. The van der Waals surface area contributed by atoms with Gasteiger partial charge in [0.1, 0.15) is 11.6 Å². The van der Waals surface area contributed by atoms with Crippen LogP contribution in [0.15, 0.2) is 0 Å². The summed E-state index contributed by atoms with van der Waals surface area (Å²) in [5.74, 6) is 3.16. The topological polar surface area (TPSA) is 51.8 Å². The van der Waals surface area contributed by atoms with Gasteiger partial charge in [0.05, 0.1) is 0 Å². The summed E-state index contributed by atoms with van der Waals surface area (Å²) in [5, 5.41) is 0. The first kappa shape index (κ1) is 11.9. The molecule has 1 heterocycles. The minimum atomic E-state index is 0.552. The molecule has 2 aliphatic carbocycles. The molecule has 0 bridgehead atoms. The molecule has 0 amide bonds. The number of fused-ring (bicyclic) bond motifs is 1. The van der Waals surface area contributed by atoms with Gasteiger partial charge < -0.3 is 5.73 Å². The summed E-state index contributed by atoms with van der Waals surface area (Å²) in [6.45, 7) is 2.33. The van der Waals surface area contributed by atoms with Gasteiger partial charge in [-0.15, -0.1) is 0 Å². The van der Waals surface area contributed by atoms with E-state index in [1.54, 1.807) is 0 Å². The number of hydrogen-bond acceptors (Lipinski definition) is 3. The van der Waals surface area contributed by atoms with Crippen LogP contribution in [0.4, 0.5) is 5.82 Å². The van der Waals surface area contributed by atoms with E-state index in [0.29, 0.717) is 5.92 Å². The van der Waals surface area contributed by atoms with Crippen LogP contribution in [0.2, 0.25) is 0 Å². The van der Waals surface area contributed by atoms with Crippen molar-refractivity contribution < 1.29 is 0 Å². The monoisotopic (exact) mass is 245 g/mol. The molecule has 2 aliphatic rings. The van der Waals surface area contributed by atoms with Gasteiger partial charge in [-0.1, -0.05) is 13.3 Å². The van der Waals surface area contributed by atoms with Crippen LogP contribution in [0.1, 0.15) is 68.4 Å². The van der Waals surface area contributed by atoms with E-state index in [2.05, 4.69) is 11.9 Å². The SMILES string of the molecule is CC1CCC(c2nc(N)c3c(n2)CCCCC3)C1. The molecule has 0 aromatic carbocycles. The van der Waals surface area contributed by atoms with Crippen LogP contribution in [-0.2, 0) is 12.8 Å². The summed E-state index contributed by atoms with van der Waals surface area (Å²) in [6, 6.07) is 0. The average molecular weight is 245 g/mol. The third-order valence-corrected chi connectivity index (χ3v) is 4.54. The second-order valence-corrected chi connectivity index (χ2v) is 6.07. The number of anilines is 1. The fraction of sp³-hybridized carbons (Fsp3) is 0.733. The lowest BCUT2D eigenvalue weighted by atomic mass is 10.0. The van der Waals surface area contributed by atoms with Gasteiger partial charge in [-0.05, 0) is 50.9 Å². The second kappa shape index (κ2) is 4.87. The second-order valence-electron chi connectivity index (χ2n) is 6.07. The molecule has 1 fully saturated rings. The van der Waals surface area contributed by atoms with Crippen molar-refractivity contribution in [2.75, 3.05) is 5.73 Å². The molecule has 0 saturated heterocycles. The molecular weight excluding hydrogens is 222 g/mol. The lowest BCUT2D eigenvalue weighted by Crippen LogP contribution is -2.11. The average Bonchev–Trinajstić information content (AvgIpc) is 2.63. The molecular formula is C15H23N3. The highest BCUT2D eigenvalue weighted by molar-refractivity contribution is 5.43. The largest absolute Gasteiger partial charge is 0.383 e. The van der Waals surface area contributed by atoms with Crippen molar-refractivity contribution in [3.05, 3.63) is 17.1 Å². The van der Waals surface area contributed by atoms with Gasteiger partial charge in [0, 0.05) is 17.2 Å². The molecule has 1 aromatic rings. The first-order valence-electron chi connectivity index (χ1n) is 7.39. The Hall–Kier alpha value is -1.12. The van der Waals surface area contributed by atoms with Gasteiger partial charge >= 0.3 is 0 Å². The van der Waals surface area contributed by atoms with Gasteiger partial charge in [0.2, 0.25) is 0 Å². The molecule has 2 unspecified atom stereocenters. The molecule has 3 heteroatoms. The van der Waals surface area contributed by atoms with Gasteiger partial charge in [-0.3, -0.25) is 0 Å². The molecule has 0 aliphatic heterocycles. The molecule has 1 aromatic heterocycles. The fourth-order valence-electron chi connectivity index (χ4n) is 3.44. The minimum Gasteiger partial charge on any atom is -0.383 e. The van der Waals surface area contributed by atoms with Crippen LogP contribution in [0.3, 0.4) is 0 Å². The van der Waals surface area contributed by atoms with Crippen molar-refractivity contribution in [2.24, 2.45) is 5.92 Å². The van der Waals surface area contributed by atoms with E-state index >= 15 is 0 Å². The fourth-order valence-corrected chi connectivity index (χ4v) is 3.44. The Morgan fingerprint density at radius 3 is 2.67 bits per heavy atom. The molecule has 0 radical (unpaired) electrons. The lowest BCUT2D eigenvalue weighted by Gasteiger charge is -2.14. The van der Waals surface area contributed by atoms with Gasteiger partial charge in [-0.2, -0.15) is 0 Å². The van der Waals surface area contributed by atoms with Crippen LogP contribution in [0.25, 0.3) is 0 Å². The molecule has 2 N–H and O–H groups in total. The predicted octanol–water partition coefficient (Wildman–Crippen LogP) is 3.23. The molecule has 2 atom stereocenters. The summed E-state index contributed by atoms with van der Waals surface area (Å²) >= 11 is 0. The van der Waals surface area contributed by atoms with Gasteiger partial charge in [0.25, 0.3) is 0 Å². The smallest absolute Gasteiger partial charge is 0.134 e. The summed E-state index contributed by atoms with van der Waals surface area (Å²) in [4.78, 5) is 9.47. The Morgan fingerprint density at radius 1 is 1.06 bits per heavy atom. The van der Waals surface area contributed by atoms with Crippen molar-refractivity contribution in [3.8, 4) is 0 Å². The van der Waals surface area contributed by atoms with E-state index in [-0.39, 0.29) is 0 Å². The highest BCUT2D eigenvalue weighted by Crippen LogP contribution is 2.37. The third kappa shape index (κ3) is 2.23. The molecule has 1 saturated carbocycles. The number of hydrogen-bond donors (Lipinski definition) is 1. The zero-order valence-electron chi connectivity index (χ0n) is 11.3. The van der Waals surface area contributed by atoms with Crippen LogP contribution < -0.4 is 5.73 Å². The van der Waals surface area contributed by atoms with Crippen LogP contribution >= 0.6 is 0 Å². The normalized spacial score (nSPS) is 27.8. The van der Waals surface area contributed by atoms with E-state index in [1.165, 1.54) is 49.8 Å². The maximum Gasteiger partial charge on any atom is 0.134 e. The van der Waals surface area contributed by atoms with Gasteiger partial charge in [-0.25, -0.2) is 9.97 Å². The zero-order chi connectivity index (χ0) is 12.5. The van der Waals surface area contributed by atoms with E-state index in [0.717, 1.165) is 30.4 Å². The highest BCUT2D eigenvalue weighted by atomic mass is 15.0. The maximum atomic E-state index is 6.16. The third-order valence-electron chi connectivity index (χ3n) is 4.54. The van der Waals surface area contributed by atoms with Gasteiger partial charge in [0.15, 0.2) is 0 Å². The first-order valence-corrected chi connectivity index (χ1v) is 7.39. The van der Waals surface area contributed by atoms with E-state index in [4.69, 9.17) is 10.7 Å². The molecule has 3 nitrogen and oxygen atoms in total. The predicted molar refractivity (Wildman–Crippen MR) is 73.5 cm³/mol. The number of rotatable bonds is 1. The summed E-state index contributed by atoms with van der Waals surface area (Å²) in [6.07, 6.45) is 9.73. The number of aryl methyl sites for hydroxylation is 1. The summed E-state index contributed by atoms with van der Waals surface area (Å²) < 4.78 is 0. The Bertz CT molecular complexity index is 442. The van der Waals surface area contributed by atoms with Crippen molar-refractivity contribution in [1.29, 1.82) is 0 Å². The quantitative estimate of drug-likeness (QED) is 0.773. The Morgan fingerprint density at radius 2 is 1.89 bits per heavy atom. The zero-order valence-corrected chi connectivity index (χ0v) is 11.3. The number of nitrogen functional groups attached to an aromatic ring is 1. The van der Waals surface area contributed by atoms with E-state index in [9.17, 15) is 0 Å². The Kier molecular flexibility index (Phi) is 3.23. The molecule has 18 heavy (non-hydrogen) atoms. The van der Waals surface area contributed by atoms with Crippen molar-refractivity contribution >= 4 is 5.82 Å². The van der Waals surface area contributed by atoms with Crippen LogP contribution in [0, 0.1) is 5.92 Å². The molecule has 98 valence electrons. The van der Waals surface area contributed by atoms with Crippen molar-refractivity contribution in [3.63, 3.8) is 0 Å². The Balaban J connectivity index is 1.92. The molecule has 0 spiro atoms. The summed E-state index contributed by atoms with van der Waals surface area (Å²) in [5.41, 5.74) is 8.65. The lowest BCUT2D eigenvalue weighted by molar-refractivity contribution is 0.583. The number of nitrogens with zero attached hydrogens (tertiary/aromatic N) is 2. The number of nitrogens with two attached hydrogens (primary N) is 1. The van der Waals surface area contributed by atoms with E-state index in [1.807, 2.05) is 0 Å². The minimum absolute atomic E-state index is 0.552. The Labute approximate surface area is 109 Å². The van der Waals surface area contributed by atoms with Crippen LogP contribution in [-0.4, -0.2) is 9.97 Å². The number of aromatic nitrogens is 2. The van der Waals surface area contributed by atoms with Crippen molar-refractivity contribution in [1.82, 2.24) is 9.97 Å². The van der Waals surface area contributed by atoms with Crippen LogP contribution in [0.5, 0.6) is 0 Å².